The fourth-order valence-electron chi connectivity index (χ4n) is 3.09. The molecule has 0 bridgehead atoms. The van der Waals surface area contributed by atoms with E-state index in [0.717, 1.165) is 37.6 Å². The maximum atomic E-state index is 5.88. The standard InChI is InChI=1S/C17H19N5O/c1-21-12-18-9-15(21)17-20-19-16(23-17)14-7-8-22(11-14)10-13-5-3-2-4-6-13/h2-6,9,12,14H,7-8,10-11H2,1H3. The number of likely N-dealkylation sites (tertiary alicyclic amines) is 1. The summed E-state index contributed by atoms with van der Waals surface area (Å²) in [6.07, 6.45) is 4.53. The fraction of sp³-hybridized carbons (Fsp3) is 0.353. The Kier molecular flexibility index (Phi) is 3.67. The summed E-state index contributed by atoms with van der Waals surface area (Å²) in [5, 5.41) is 8.43. The first-order valence-electron chi connectivity index (χ1n) is 7.86. The molecule has 1 aliphatic rings. The van der Waals surface area contributed by atoms with Crippen molar-refractivity contribution in [2.24, 2.45) is 7.05 Å². The van der Waals surface area contributed by atoms with Gasteiger partial charge in [0.05, 0.1) is 18.4 Å². The number of imidazole rings is 1. The minimum atomic E-state index is 0.313. The van der Waals surface area contributed by atoms with Crippen molar-refractivity contribution in [1.29, 1.82) is 0 Å². The molecule has 1 fully saturated rings. The molecule has 0 aliphatic carbocycles. The first-order chi connectivity index (χ1) is 11.3. The highest BCUT2D eigenvalue weighted by molar-refractivity contribution is 5.44. The quantitative estimate of drug-likeness (QED) is 0.741. The van der Waals surface area contributed by atoms with Gasteiger partial charge < -0.3 is 8.98 Å². The first kappa shape index (κ1) is 14.1. The maximum Gasteiger partial charge on any atom is 0.265 e. The van der Waals surface area contributed by atoms with Crippen LogP contribution in [0.15, 0.2) is 47.3 Å². The maximum absolute atomic E-state index is 5.88. The minimum Gasteiger partial charge on any atom is -0.419 e. The molecule has 0 spiro atoms. The molecule has 118 valence electrons. The van der Waals surface area contributed by atoms with E-state index in [1.54, 1.807) is 12.5 Å². The van der Waals surface area contributed by atoms with Crippen molar-refractivity contribution < 1.29 is 4.42 Å². The van der Waals surface area contributed by atoms with Gasteiger partial charge in [-0.05, 0) is 18.5 Å². The molecular formula is C17H19N5O. The average Bonchev–Trinajstić information content (AvgIpc) is 3.28. The van der Waals surface area contributed by atoms with Gasteiger partial charge in [0.15, 0.2) is 0 Å². The first-order valence-corrected chi connectivity index (χ1v) is 7.86. The third kappa shape index (κ3) is 2.90. The molecule has 2 aromatic heterocycles. The van der Waals surface area contributed by atoms with E-state index in [9.17, 15) is 0 Å². The summed E-state index contributed by atoms with van der Waals surface area (Å²) in [5.74, 6) is 1.59. The Morgan fingerprint density at radius 2 is 2.09 bits per heavy atom. The Hall–Kier alpha value is -2.47. The molecule has 3 heterocycles. The zero-order valence-electron chi connectivity index (χ0n) is 13.1. The third-order valence-corrected chi connectivity index (χ3v) is 4.35. The van der Waals surface area contributed by atoms with Gasteiger partial charge in [0.2, 0.25) is 5.89 Å². The number of nitrogens with zero attached hydrogens (tertiary/aromatic N) is 5. The molecule has 0 saturated carbocycles. The van der Waals surface area contributed by atoms with Gasteiger partial charge in [-0.1, -0.05) is 30.3 Å². The van der Waals surface area contributed by atoms with Gasteiger partial charge in [-0.25, -0.2) is 4.98 Å². The molecule has 0 amide bonds. The van der Waals surface area contributed by atoms with Crippen LogP contribution < -0.4 is 0 Å². The summed E-state index contributed by atoms with van der Waals surface area (Å²) in [5.41, 5.74) is 2.19. The molecule has 4 rings (SSSR count). The number of rotatable bonds is 4. The van der Waals surface area contributed by atoms with Crippen molar-refractivity contribution in [1.82, 2.24) is 24.6 Å². The van der Waals surface area contributed by atoms with E-state index in [1.165, 1.54) is 5.56 Å². The van der Waals surface area contributed by atoms with E-state index in [2.05, 4.69) is 50.4 Å². The number of aryl methyl sites for hydroxylation is 1. The molecule has 1 unspecified atom stereocenters. The molecule has 3 aromatic rings. The lowest BCUT2D eigenvalue weighted by Gasteiger charge is -2.14. The van der Waals surface area contributed by atoms with Crippen LogP contribution in [0.3, 0.4) is 0 Å². The number of hydrogen-bond donors (Lipinski definition) is 0. The van der Waals surface area contributed by atoms with Gasteiger partial charge in [0, 0.05) is 20.1 Å². The molecule has 1 atom stereocenters. The Balaban J connectivity index is 1.44. The van der Waals surface area contributed by atoms with E-state index < -0.39 is 0 Å². The Bertz CT molecular complexity index is 779. The van der Waals surface area contributed by atoms with Crippen LogP contribution in [-0.2, 0) is 13.6 Å². The second kappa shape index (κ2) is 5.96. The van der Waals surface area contributed by atoms with Crippen LogP contribution in [0.1, 0.15) is 23.8 Å². The lowest BCUT2D eigenvalue weighted by molar-refractivity contribution is 0.320. The average molecular weight is 309 g/mol. The van der Waals surface area contributed by atoms with Gasteiger partial charge in [0.1, 0.15) is 5.69 Å². The smallest absolute Gasteiger partial charge is 0.265 e. The van der Waals surface area contributed by atoms with Crippen molar-refractivity contribution in [3.05, 3.63) is 54.3 Å². The molecule has 1 aliphatic heterocycles. The lowest BCUT2D eigenvalue weighted by Crippen LogP contribution is -2.19. The molecular weight excluding hydrogens is 290 g/mol. The van der Waals surface area contributed by atoms with Crippen molar-refractivity contribution in [3.63, 3.8) is 0 Å². The second-order valence-corrected chi connectivity index (χ2v) is 6.04. The highest BCUT2D eigenvalue weighted by Gasteiger charge is 2.28. The van der Waals surface area contributed by atoms with Crippen LogP contribution in [0.5, 0.6) is 0 Å². The predicted octanol–water partition coefficient (Wildman–Crippen LogP) is 2.46. The highest BCUT2D eigenvalue weighted by Crippen LogP contribution is 2.29. The Morgan fingerprint density at radius 1 is 1.22 bits per heavy atom. The summed E-state index contributed by atoms with van der Waals surface area (Å²) < 4.78 is 7.76. The van der Waals surface area contributed by atoms with Crippen LogP contribution in [0, 0.1) is 0 Å². The zero-order chi connectivity index (χ0) is 15.6. The van der Waals surface area contributed by atoms with E-state index in [-0.39, 0.29) is 0 Å². The van der Waals surface area contributed by atoms with Crippen molar-refractivity contribution in [2.75, 3.05) is 13.1 Å². The van der Waals surface area contributed by atoms with Crippen molar-refractivity contribution in [3.8, 4) is 11.6 Å². The van der Waals surface area contributed by atoms with E-state index in [0.29, 0.717) is 11.8 Å². The van der Waals surface area contributed by atoms with E-state index >= 15 is 0 Å². The molecule has 0 N–H and O–H groups in total. The Labute approximate surface area is 134 Å². The fourth-order valence-corrected chi connectivity index (χ4v) is 3.09. The molecule has 23 heavy (non-hydrogen) atoms. The molecule has 0 radical (unpaired) electrons. The second-order valence-electron chi connectivity index (χ2n) is 6.04. The highest BCUT2D eigenvalue weighted by atomic mass is 16.4. The summed E-state index contributed by atoms with van der Waals surface area (Å²) in [6.45, 7) is 2.99. The van der Waals surface area contributed by atoms with Crippen LogP contribution >= 0.6 is 0 Å². The van der Waals surface area contributed by atoms with Gasteiger partial charge in [-0.2, -0.15) is 0 Å². The SMILES string of the molecule is Cn1cncc1-c1nnc(C2CCN(Cc3ccccc3)C2)o1. The Morgan fingerprint density at radius 3 is 2.87 bits per heavy atom. The number of aromatic nitrogens is 4. The third-order valence-electron chi connectivity index (χ3n) is 4.35. The van der Waals surface area contributed by atoms with Crippen LogP contribution in [0.25, 0.3) is 11.6 Å². The minimum absolute atomic E-state index is 0.313. The molecule has 1 saturated heterocycles. The van der Waals surface area contributed by atoms with Crippen LogP contribution in [0.2, 0.25) is 0 Å². The lowest BCUT2D eigenvalue weighted by atomic mass is 10.1. The predicted molar refractivity (Wildman–Crippen MR) is 85.6 cm³/mol. The van der Waals surface area contributed by atoms with Gasteiger partial charge >= 0.3 is 0 Å². The van der Waals surface area contributed by atoms with Crippen molar-refractivity contribution in [2.45, 2.75) is 18.9 Å². The molecule has 6 nitrogen and oxygen atoms in total. The zero-order valence-corrected chi connectivity index (χ0v) is 13.1. The summed E-state index contributed by atoms with van der Waals surface area (Å²) in [6, 6.07) is 10.6. The van der Waals surface area contributed by atoms with Gasteiger partial charge in [0.25, 0.3) is 5.89 Å². The van der Waals surface area contributed by atoms with Gasteiger partial charge in [-0.3, -0.25) is 4.90 Å². The van der Waals surface area contributed by atoms with E-state index in [4.69, 9.17) is 4.42 Å². The largest absolute Gasteiger partial charge is 0.419 e. The number of hydrogen-bond acceptors (Lipinski definition) is 5. The topological polar surface area (TPSA) is 60.0 Å². The summed E-state index contributed by atoms with van der Waals surface area (Å²) in [4.78, 5) is 6.53. The van der Waals surface area contributed by atoms with E-state index in [1.807, 2.05) is 11.6 Å². The summed E-state index contributed by atoms with van der Waals surface area (Å²) in [7, 11) is 1.92. The van der Waals surface area contributed by atoms with Crippen LogP contribution in [-0.4, -0.2) is 37.7 Å². The van der Waals surface area contributed by atoms with Gasteiger partial charge in [-0.15, -0.1) is 10.2 Å². The normalized spacial score (nSPS) is 18.6. The molecule has 1 aromatic carbocycles. The van der Waals surface area contributed by atoms with Crippen molar-refractivity contribution >= 4 is 0 Å². The van der Waals surface area contributed by atoms with Crippen LogP contribution in [0.4, 0.5) is 0 Å². The summed E-state index contributed by atoms with van der Waals surface area (Å²) >= 11 is 0. The number of benzene rings is 1. The monoisotopic (exact) mass is 309 g/mol. The molecule has 6 heteroatoms.